The summed E-state index contributed by atoms with van der Waals surface area (Å²) in [6.45, 7) is 0. The zero-order valence-electron chi connectivity index (χ0n) is 4.09. The number of hydrogen-bond donors (Lipinski definition) is 0. The third-order valence-corrected chi connectivity index (χ3v) is 0.811. The molecule has 0 nitrogen and oxygen atoms in total. The molecule has 0 radical (unpaired) electrons. The van der Waals surface area contributed by atoms with Crippen LogP contribution in [0.15, 0.2) is 30.4 Å². The van der Waals surface area contributed by atoms with Crippen LogP contribution in [0.3, 0.4) is 0 Å². The molecule has 0 aromatic rings. The van der Waals surface area contributed by atoms with Gasteiger partial charge in [0, 0.05) is 12.5 Å². The van der Waals surface area contributed by atoms with E-state index in [1.807, 2.05) is 24.3 Å². The minimum absolute atomic E-state index is 1.02. The van der Waals surface area contributed by atoms with Crippen LogP contribution >= 0.6 is 0 Å². The van der Waals surface area contributed by atoms with Crippen molar-refractivity contribution >= 4 is 0 Å². The molecule has 0 aromatic carbocycles. The normalized spacial score (nSPS) is 16.0. The van der Waals surface area contributed by atoms with E-state index in [4.69, 9.17) is 0 Å². The SMILES string of the molecule is [C+]1=CCC=CC=C1. The molecule has 7 heavy (non-hydrogen) atoms. The van der Waals surface area contributed by atoms with Crippen molar-refractivity contribution in [1.29, 1.82) is 0 Å². The lowest BCUT2D eigenvalue weighted by Crippen LogP contribution is -1.49. The lowest BCUT2D eigenvalue weighted by molar-refractivity contribution is 1.40. The highest BCUT2D eigenvalue weighted by Crippen LogP contribution is 1.91. The van der Waals surface area contributed by atoms with Gasteiger partial charge in [0.05, 0.1) is 18.2 Å². The minimum atomic E-state index is 1.02. The fourth-order valence-corrected chi connectivity index (χ4v) is 0.472. The molecule has 0 bridgehead atoms. The molecule has 0 unspecified atom stereocenters. The molecule has 1 aliphatic rings. The molecule has 34 valence electrons. The van der Waals surface area contributed by atoms with Gasteiger partial charge in [-0.05, 0) is 0 Å². The molecule has 0 aliphatic heterocycles. The van der Waals surface area contributed by atoms with Gasteiger partial charge in [-0.2, -0.15) is 0 Å². The van der Waals surface area contributed by atoms with Crippen LogP contribution in [0.1, 0.15) is 6.42 Å². The maximum Gasteiger partial charge on any atom is 0.159 e. The van der Waals surface area contributed by atoms with E-state index < -0.39 is 0 Å². The average molecular weight is 91.1 g/mol. The van der Waals surface area contributed by atoms with Crippen LogP contribution in [-0.2, 0) is 0 Å². The Bertz CT molecular complexity index is 102. The minimum Gasteiger partial charge on any atom is -0.0579 e. The molecule has 0 saturated carbocycles. The van der Waals surface area contributed by atoms with Gasteiger partial charge in [0.15, 0.2) is 6.08 Å². The van der Waals surface area contributed by atoms with E-state index in [0.717, 1.165) is 6.42 Å². The van der Waals surface area contributed by atoms with Gasteiger partial charge in [-0.25, -0.2) is 0 Å². The van der Waals surface area contributed by atoms with Crippen LogP contribution in [0.25, 0.3) is 0 Å². The first kappa shape index (κ1) is 4.29. The Morgan fingerprint density at radius 1 is 1.29 bits per heavy atom. The van der Waals surface area contributed by atoms with E-state index in [2.05, 4.69) is 12.2 Å². The largest absolute Gasteiger partial charge is 0.159 e. The predicted octanol–water partition coefficient (Wildman–Crippen LogP) is 1.86. The highest BCUT2D eigenvalue weighted by Gasteiger charge is 1.81. The van der Waals surface area contributed by atoms with Crippen molar-refractivity contribution in [3.63, 3.8) is 0 Å². The van der Waals surface area contributed by atoms with Crippen molar-refractivity contribution in [2.75, 3.05) is 0 Å². The van der Waals surface area contributed by atoms with Gasteiger partial charge in [0.1, 0.15) is 0 Å². The smallest absolute Gasteiger partial charge is 0.0579 e. The standard InChI is InChI=1S/C7H7/c1-2-4-6-7-5-3-1/h1-4,7H,5H2/q+1. The highest BCUT2D eigenvalue weighted by atomic mass is 13.8. The molecule has 0 saturated heterocycles. The van der Waals surface area contributed by atoms with Crippen molar-refractivity contribution in [3.05, 3.63) is 36.5 Å². The third-order valence-electron chi connectivity index (χ3n) is 0.811. The van der Waals surface area contributed by atoms with Crippen LogP contribution in [0, 0.1) is 6.08 Å². The van der Waals surface area contributed by atoms with Crippen LogP contribution in [0.5, 0.6) is 0 Å². The third kappa shape index (κ3) is 1.34. The van der Waals surface area contributed by atoms with Crippen molar-refractivity contribution in [2.45, 2.75) is 6.42 Å². The fraction of sp³-hybridized carbons (Fsp3) is 0.143. The van der Waals surface area contributed by atoms with Crippen molar-refractivity contribution < 1.29 is 0 Å². The summed E-state index contributed by atoms with van der Waals surface area (Å²) < 4.78 is 0. The van der Waals surface area contributed by atoms with Crippen LogP contribution in [0.2, 0.25) is 0 Å². The first-order chi connectivity index (χ1) is 3.50. The monoisotopic (exact) mass is 91.1 g/mol. The fourth-order valence-electron chi connectivity index (χ4n) is 0.472. The Labute approximate surface area is 43.9 Å². The summed E-state index contributed by atoms with van der Waals surface area (Å²) in [7, 11) is 0. The molecule has 0 aromatic heterocycles. The van der Waals surface area contributed by atoms with Gasteiger partial charge < -0.3 is 0 Å². The van der Waals surface area contributed by atoms with E-state index in [0.29, 0.717) is 0 Å². The van der Waals surface area contributed by atoms with Crippen molar-refractivity contribution in [2.24, 2.45) is 0 Å². The van der Waals surface area contributed by atoms with E-state index >= 15 is 0 Å². The molecule has 0 N–H and O–H groups in total. The maximum absolute atomic E-state index is 2.98. The van der Waals surface area contributed by atoms with E-state index in [1.165, 1.54) is 0 Å². The molecule has 0 heterocycles. The Kier molecular flexibility index (Phi) is 1.43. The maximum atomic E-state index is 2.98. The summed E-state index contributed by atoms with van der Waals surface area (Å²) in [5.74, 6) is 0. The molecular formula is C7H7+. The van der Waals surface area contributed by atoms with Crippen molar-refractivity contribution in [1.82, 2.24) is 0 Å². The molecule has 0 fully saturated rings. The summed E-state index contributed by atoms with van der Waals surface area (Å²) in [4.78, 5) is 0. The van der Waals surface area contributed by atoms with Crippen LogP contribution < -0.4 is 0 Å². The zero-order valence-corrected chi connectivity index (χ0v) is 4.09. The number of allylic oxidation sites excluding steroid dienone is 6. The van der Waals surface area contributed by atoms with Gasteiger partial charge in [-0.15, -0.1) is 0 Å². The molecule has 1 aliphatic carbocycles. The van der Waals surface area contributed by atoms with E-state index in [9.17, 15) is 0 Å². The quantitative estimate of drug-likeness (QED) is 0.399. The second kappa shape index (κ2) is 2.33. The van der Waals surface area contributed by atoms with Gasteiger partial charge in [0.25, 0.3) is 0 Å². The van der Waals surface area contributed by atoms with Gasteiger partial charge in [-0.3, -0.25) is 0 Å². The summed E-state index contributed by atoms with van der Waals surface area (Å²) in [5.41, 5.74) is 0. The summed E-state index contributed by atoms with van der Waals surface area (Å²) in [5, 5.41) is 0. The van der Waals surface area contributed by atoms with Crippen molar-refractivity contribution in [3.8, 4) is 0 Å². The second-order valence-corrected chi connectivity index (χ2v) is 1.39. The highest BCUT2D eigenvalue weighted by molar-refractivity contribution is 5.12. The summed E-state index contributed by atoms with van der Waals surface area (Å²) >= 11 is 0. The molecular weight excluding hydrogens is 84.1 g/mol. The lowest BCUT2D eigenvalue weighted by atomic mass is 10.4. The Morgan fingerprint density at radius 2 is 2.29 bits per heavy atom. The summed E-state index contributed by atoms with van der Waals surface area (Å²) in [6, 6.07) is 0. The topological polar surface area (TPSA) is 0 Å². The average Bonchev–Trinajstić information content (AvgIpc) is 1.90. The first-order valence-corrected chi connectivity index (χ1v) is 2.39. The van der Waals surface area contributed by atoms with Crippen LogP contribution in [0.4, 0.5) is 0 Å². The van der Waals surface area contributed by atoms with Gasteiger partial charge >= 0.3 is 0 Å². The molecule has 1 rings (SSSR count). The zero-order chi connectivity index (χ0) is 4.95. The Hall–Kier alpha value is -0.870. The summed E-state index contributed by atoms with van der Waals surface area (Å²) in [6.07, 6.45) is 14.0. The number of rotatable bonds is 0. The first-order valence-electron chi connectivity index (χ1n) is 2.39. The Morgan fingerprint density at radius 3 is 3.29 bits per heavy atom. The van der Waals surface area contributed by atoms with Gasteiger partial charge in [-0.1, -0.05) is 6.08 Å². The van der Waals surface area contributed by atoms with Gasteiger partial charge in [0.2, 0.25) is 0 Å². The predicted molar refractivity (Wildman–Crippen MR) is 30.7 cm³/mol. The Balaban J connectivity index is 2.60. The van der Waals surface area contributed by atoms with E-state index in [-0.39, 0.29) is 0 Å². The molecule has 0 amide bonds. The molecule has 0 spiro atoms. The van der Waals surface area contributed by atoms with Crippen LogP contribution in [-0.4, -0.2) is 0 Å². The van der Waals surface area contributed by atoms with E-state index in [1.54, 1.807) is 0 Å². The molecule has 0 heteroatoms. The number of hydrogen-bond acceptors (Lipinski definition) is 0. The lowest BCUT2D eigenvalue weighted by Gasteiger charge is -1.62. The molecule has 0 atom stereocenters. The second-order valence-electron chi connectivity index (χ2n) is 1.39.